The van der Waals surface area contributed by atoms with Crippen LogP contribution >= 0.6 is 11.3 Å². The first kappa shape index (κ1) is 13.0. The molecule has 0 aromatic carbocycles. The molecule has 1 heterocycles. The molecule has 1 aliphatic carbocycles. The molecule has 96 valence electrons. The third-order valence-electron chi connectivity index (χ3n) is 2.85. The molecule has 1 aliphatic rings. The van der Waals surface area contributed by atoms with Crippen molar-refractivity contribution in [2.75, 3.05) is 13.2 Å². The number of aromatic nitrogens is 1. The van der Waals surface area contributed by atoms with Gasteiger partial charge < -0.3 is 10.1 Å². The van der Waals surface area contributed by atoms with Crippen LogP contribution < -0.4 is 5.32 Å². The highest BCUT2D eigenvalue weighted by Gasteiger charge is 2.29. The molecule has 0 bridgehead atoms. The van der Waals surface area contributed by atoms with Crippen molar-refractivity contribution >= 4 is 11.3 Å². The van der Waals surface area contributed by atoms with Crippen molar-refractivity contribution < 1.29 is 4.74 Å². The molecule has 0 atom stereocenters. The van der Waals surface area contributed by atoms with Gasteiger partial charge in [0.25, 0.3) is 0 Å². The van der Waals surface area contributed by atoms with Crippen LogP contribution in [0.1, 0.15) is 54.6 Å². The van der Waals surface area contributed by atoms with E-state index in [2.05, 4.69) is 19.2 Å². The maximum Gasteiger partial charge on any atom is 0.119 e. The average molecular weight is 254 g/mol. The van der Waals surface area contributed by atoms with E-state index in [1.807, 2.05) is 11.3 Å². The number of ether oxygens (including phenoxy) is 1. The molecule has 17 heavy (non-hydrogen) atoms. The fraction of sp³-hybridized carbons (Fsp3) is 0.769. The number of thiazole rings is 1. The summed E-state index contributed by atoms with van der Waals surface area (Å²) in [5.41, 5.74) is 1.34. The van der Waals surface area contributed by atoms with Crippen LogP contribution in [0.15, 0.2) is 0 Å². The predicted molar refractivity (Wildman–Crippen MR) is 71.4 cm³/mol. The first-order chi connectivity index (χ1) is 8.35. The molecule has 0 amide bonds. The van der Waals surface area contributed by atoms with Crippen LogP contribution in [0.3, 0.4) is 0 Å². The largest absolute Gasteiger partial charge is 0.374 e. The SMILES string of the molecule is CCCOCc1nc(C2CC2)c(CNCC)s1. The second-order valence-corrected chi connectivity index (χ2v) is 5.69. The van der Waals surface area contributed by atoms with Crippen LogP contribution in [-0.2, 0) is 17.9 Å². The zero-order chi connectivity index (χ0) is 12.1. The van der Waals surface area contributed by atoms with Crippen LogP contribution in [0.4, 0.5) is 0 Å². The summed E-state index contributed by atoms with van der Waals surface area (Å²) in [7, 11) is 0. The van der Waals surface area contributed by atoms with E-state index in [4.69, 9.17) is 9.72 Å². The molecule has 1 N–H and O–H groups in total. The molecule has 0 unspecified atom stereocenters. The van der Waals surface area contributed by atoms with E-state index in [0.717, 1.165) is 37.0 Å². The Bertz CT molecular complexity index is 347. The van der Waals surface area contributed by atoms with Crippen molar-refractivity contribution in [1.29, 1.82) is 0 Å². The summed E-state index contributed by atoms with van der Waals surface area (Å²) < 4.78 is 5.57. The van der Waals surface area contributed by atoms with Gasteiger partial charge in [-0.05, 0) is 25.8 Å². The molecule has 0 radical (unpaired) electrons. The fourth-order valence-corrected chi connectivity index (χ4v) is 2.88. The highest BCUT2D eigenvalue weighted by molar-refractivity contribution is 7.11. The van der Waals surface area contributed by atoms with Crippen LogP contribution in [-0.4, -0.2) is 18.1 Å². The summed E-state index contributed by atoms with van der Waals surface area (Å²) in [4.78, 5) is 6.17. The summed E-state index contributed by atoms with van der Waals surface area (Å²) >= 11 is 1.82. The third-order valence-corrected chi connectivity index (χ3v) is 3.89. The minimum Gasteiger partial charge on any atom is -0.374 e. The highest BCUT2D eigenvalue weighted by atomic mass is 32.1. The van der Waals surface area contributed by atoms with Gasteiger partial charge >= 0.3 is 0 Å². The summed E-state index contributed by atoms with van der Waals surface area (Å²) in [5.74, 6) is 0.736. The van der Waals surface area contributed by atoms with Gasteiger partial charge in [0.15, 0.2) is 0 Å². The Balaban J connectivity index is 1.97. The quantitative estimate of drug-likeness (QED) is 0.724. The monoisotopic (exact) mass is 254 g/mol. The lowest BCUT2D eigenvalue weighted by Gasteiger charge is -2.00. The van der Waals surface area contributed by atoms with Crippen molar-refractivity contribution in [2.24, 2.45) is 0 Å². The number of nitrogens with zero attached hydrogens (tertiary/aromatic N) is 1. The minimum absolute atomic E-state index is 0.685. The number of rotatable bonds is 8. The van der Waals surface area contributed by atoms with Crippen molar-refractivity contribution in [3.05, 3.63) is 15.6 Å². The van der Waals surface area contributed by atoms with E-state index < -0.39 is 0 Å². The van der Waals surface area contributed by atoms with E-state index in [-0.39, 0.29) is 0 Å². The Kier molecular flexibility index (Phi) is 4.95. The van der Waals surface area contributed by atoms with Gasteiger partial charge in [-0.25, -0.2) is 4.98 Å². The van der Waals surface area contributed by atoms with Crippen LogP contribution in [0.25, 0.3) is 0 Å². The lowest BCUT2D eigenvalue weighted by atomic mass is 10.2. The molecule has 0 aliphatic heterocycles. The maximum atomic E-state index is 5.57. The maximum absolute atomic E-state index is 5.57. The first-order valence-corrected chi connectivity index (χ1v) is 7.43. The number of hydrogen-bond donors (Lipinski definition) is 1. The van der Waals surface area contributed by atoms with Crippen LogP contribution in [0.5, 0.6) is 0 Å². The molecule has 4 heteroatoms. The van der Waals surface area contributed by atoms with Gasteiger partial charge in [0.1, 0.15) is 5.01 Å². The molecule has 1 aromatic heterocycles. The molecule has 1 saturated carbocycles. The van der Waals surface area contributed by atoms with Crippen molar-refractivity contribution in [3.63, 3.8) is 0 Å². The Labute approximate surface area is 108 Å². The van der Waals surface area contributed by atoms with Crippen molar-refractivity contribution in [3.8, 4) is 0 Å². The first-order valence-electron chi connectivity index (χ1n) is 6.62. The van der Waals surface area contributed by atoms with E-state index in [1.54, 1.807) is 0 Å². The molecular weight excluding hydrogens is 232 g/mol. The van der Waals surface area contributed by atoms with Gasteiger partial charge in [-0.15, -0.1) is 11.3 Å². The second kappa shape index (κ2) is 6.47. The summed E-state index contributed by atoms with van der Waals surface area (Å²) in [6.07, 6.45) is 3.71. The van der Waals surface area contributed by atoms with Gasteiger partial charge in [-0.1, -0.05) is 13.8 Å². The lowest BCUT2D eigenvalue weighted by Crippen LogP contribution is -2.11. The van der Waals surface area contributed by atoms with Crippen LogP contribution in [0, 0.1) is 0 Å². The smallest absolute Gasteiger partial charge is 0.119 e. The molecule has 3 nitrogen and oxygen atoms in total. The topological polar surface area (TPSA) is 34.1 Å². The Morgan fingerprint density at radius 1 is 1.41 bits per heavy atom. The Morgan fingerprint density at radius 3 is 2.88 bits per heavy atom. The Morgan fingerprint density at radius 2 is 2.24 bits per heavy atom. The number of nitrogens with one attached hydrogen (secondary N) is 1. The fourth-order valence-electron chi connectivity index (χ4n) is 1.82. The summed E-state index contributed by atoms with van der Waals surface area (Å²) in [5, 5.41) is 4.54. The van der Waals surface area contributed by atoms with Gasteiger partial charge in [0, 0.05) is 23.9 Å². The average Bonchev–Trinajstić information content (AvgIpc) is 3.10. The number of hydrogen-bond acceptors (Lipinski definition) is 4. The predicted octanol–water partition coefficient (Wildman–Crippen LogP) is 3.06. The second-order valence-electron chi connectivity index (χ2n) is 4.52. The normalized spacial score (nSPS) is 15.4. The summed E-state index contributed by atoms with van der Waals surface area (Å²) in [6.45, 7) is 7.78. The lowest BCUT2D eigenvalue weighted by molar-refractivity contribution is 0.121. The molecule has 0 saturated heterocycles. The molecule has 1 aromatic rings. The van der Waals surface area contributed by atoms with Gasteiger partial charge in [-0.3, -0.25) is 0 Å². The van der Waals surface area contributed by atoms with Crippen molar-refractivity contribution in [1.82, 2.24) is 10.3 Å². The van der Waals surface area contributed by atoms with E-state index in [0.29, 0.717) is 6.61 Å². The van der Waals surface area contributed by atoms with E-state index >= 15 is 0 Å². The molecular formula is C13H22N2OS. The molecule has 1 fully saturated rings. The minimum atomic E-state index is 0.685. The van der Waals surface area contributed by atoms with E-state index in [9.17, 15) is 0 Å². The molecule has 0 spiro atoms. The zero-order valence-corrected chi connectivity index (χ0v) is 11.6. The van der Waals surface area contributed by atoms with Crippen molar-refractivity contribution in [2.45, 2.75) is 52.2 Å². The zero-order valence-electron chi connectivity index (χ0n) is 10.8. The third kappa shape index (κ3) is 3.76. The van der Waals surface area contributed by atoms with E-state index in [1.165, 1.54) is 23.4 Å². The van der Waals surface area contributed by atoms with Gasteiger partial charge in [0.05, 0.1) is 12.3 Å². The van der Waals surface area contributed by atoms with Crippen LogP contribution in [0.2, 0.25) is 0 Å². The highest BCUT2D eigenvalue weighted by Crippen LogP contribution is 2.42. The summed E-state index contributed by atoms with van der Waals surface area (Å²) in [6, 6.07) is 0. The standard InChI is InChI=1S/C13H22N2OS/c1-3-7-16-9-12-15-13(10-5-6-10)11(17-12)8-14-4-2/h10,14H,3-9H2,1-2H3. The van der Waals surface area contributed by atoms with Gasteiger partial charge in [0.2, 0.25) is 0 Å². The molecule has 2 rings (SSSR count). The Hall–Kier alpha value is -0.450. The van der Waals surface area contributed by atoms with Gasteiger partial charge in [-0.2, -0.15) is 0 Å².